The number of hydrogen-bond acceptors (Lipinski definition) is 3. The van der Waals surface area contributed by atoms with Crippen LogP contribution in [0, 0.1) is 11.3 Å². The molecule has 0 spiro atoms. The predicted octanol–water partition coefficient (Wildman–Crippen LogP) is 3.36. The number of benzene rings is 1. The van der Waals surface area contributed by atoms with Gasteiger partial charge in [0.25, 0.3) is 0 Å². The zero-order valence-electron chi connectivity index (χ0n) is 15.7. The van der Waals surface area contributed by atoms with Crippen LogP contribution in [0.3, 0.4) is 0 Å². The predicted molar refractivity (Wildman–Crippen MR) is 99.6 cm³/mol. The number of aliphatic carboxylic acids is 1. The van der Waals surface area contributed by atoms with E-state index in [1.807, 2.05) is 17.2 Å². The van der Waals surface area contributed by atoms with E-state index in [4.69, 9.17) is 5.11 Å². The highest BCUT2D eigenvalue weighted by Crippen LogP contribution is 2.32. The van der Waals surface area contributed by atoms with Crippen LogP contribution in [0.4, 0.5) is 0 Å². The maximum Gasteiger partial charge on any atom is 0.303 e. The molecule has 0 aliphatic carbocycles. The minimum atomic E-state index is -0.807. The van der Waals surface area contributed by atoms with Crippen molar-refractivity contribution in [1.29, 1.82) is 0 Å². The Hall–Kier alpha value is -2.37. The van der Waals surface area contributed by atoms with Gasteiger partial charge < -0.3 is 10.0 Å². The summed E-state index contributed by atoms with van der Waals surface area (Å²) < 4.78 is 0. The van der Waals surface area contributed by atoms with Crippen LogP contribution >= 0.6 is 0 Å². The fourth-order valence-corrected chi connectivity index (χ4v) is 3.81. The normalized spacial score (nSPS) is 18.0. The molecule has 1 aromatic carbocycles. The number of carboxylic acid groups (broad SMARTS) is 1. The van der Waals surface area contributed by atoms with E-state index in [-0.39, 0.29) is 23.7 Å². The van der Waals surface area contributed by atoms with Gasteiger partial charge in [0.2, 0.25) is 5.91 Å². The number of nitrogens with one attached hydrogen (secondary N) is 1. The summed E-state index contributed by atoms with van der Waals surface area (Å²) in [5.74, 6) is -0.835. The molecule has 2 aromatic rings. The first kappa shape index (κ1) is 18.4. The lowest BCUT2D eigenvalue weighted by Gasteiger charge is -2.31. The zero-order chi connectivity index (χ0) is 18.9. The second-order valence-electron chi connectivity index (χ2n) is 8.48. The van der Waals surface area contributed by atoms with Gasteiger partial charge in [-0.05, 0) is 41.9 Å². The Labute approximate surface area is 153 Å². The summed E-state index contributed by atoms with van der Waals surface area (Å²) in [7, 11) is 0. The molecule has 0 fully saturated rings. The van der Waals surface area contributed by atoms with E-state index in [9.17, 15) is 9.59 Å². The number of hydrogen-bond donors (Lipinski definition) is 2. The first-order chi connectivity index (χ1) is 12.2. The molecule has 1 amide bonds. The second-order valence-corrected chi connectivity index (χ2v) is 8.48. The number of carbonyl (C=O) groups is 2. The number of amides is 1. The maximum atomic E-state index is 13.2. The molecule has 1 aliphatic heterocycles. The third kappa shape index (κ3) is 4.06. The number of carboxylic acids is 1. The topological polar surface area (TPSA) is 86.3 Å². The molecule has 0 saturated heterocycles. The fourth-order valence-electron chi connectivity index (χ4n) is 3.81. The molecule has 1 unspecified atom stereocenters. The van der Waals surface area contributed by atoms with Crippen molar-refractivity contribution in [3.8, 4) is 0 Å². The van der Waals surface area contributed by atoms with Gasteiger partial charge in [-0.25, -0.2) is 0 Å². The van der Waals surface area contributed by atoms with Crippen molar-refractivity contribution < 1.29 is 14.7 Å². The summed E-state index contributed by atoms with van der Waals surface area (Å²) >= 11 is 0. The fraction of sp³-hybridized carbons (Fsp3) is 0.550. The van der Waals surface area contributed by atoms with E-state index in [0.717, 1.165) is 16.5 Å². The molecule has 6 heteroatoms. The zero-order valence-corrected chi connectivity index (χ0v) is 15.7. The third-order valence-electron chi connectivity index (χ3n) is 4.92. The lowest BCUT2D eigenvalue weighted by atomic mass is 9.91. The Morgan fingerprint density at radius 2 is 2.15 bits per heavy atom. The van der Waals surface area contributed by atoms with Gasteiger partial charge in [0.15, 0.2) is 0 Å². The minimum Gasteiger partial charge on any atom is -0.481 e. The summed E-state index contributed by atoms with van der Waals surface area (Å²) in [5, 5.41) is 17.1. The Kier molecular flexibility index (Phi) is 5.03. The van der Waals surface area contributed by atoms with Crippen molar-refractivity contribution in [3.05, 3.63) is 29.5 Å². The summed E-state index contributed by atoms with van der Waals surface area (Å²) in [6.07, 6.45) is 3.73. The standard InChI is InChI=1S/C20H27N3O3/c1-20(2,3)12-23-11-16-13(7-8-17-15(16)10-21-22-17)9-14(19(23)26)5-4-6-18(24)25/h7-8,10,14H,4-6,9,11-12H2,1-3H3,(H,21,22)(H,24,25). The van der Waals surface area contributed by atoms with Gasteiger partial charge in [0, 0.05) is 30.8 Å². The SMILES string of the molecule is CC(C)(C)CN1Cc2c(ccc3[nH]ncc23)CC(CCCC(=O)O)C1=O. The van der Waals surface area contributed by atoms with Crippen LogP contribution < -0.4 is 0 Å². The van der Waals surface area contributed by atoms with Gasteiger partial charge in [-0.15, -0.1) is 0 Å². The van der Waals surface area contributed by atoms with Crippen LogP contribution in [-0.2, 0) is 22.6 Å². The average molecular weight is 357 g/mol. The summed E-state index contributed by atoms with van der Waals surface area (Å²) in [6, 6.07) is 4.09. The third-order valence-corrected chi connectivity index (χ3v) is 4.92. The molecule has 1 atom stereocenters. The van der Waals surface area contributed by atoms with Gasteiger partial charge in [0.1, 0.15) is 0 Å². The Bertz CT molecular complexity index is 819. The first-order valence-electron chi connectivity index (χ1n) is 9.19. The summed E-state index contributed by atoms with van der Waals surface area (Å²) in [6.45, 7) is 7.64. The highest BCUT2D eigenvalue weighted by molar-refractivity contribution is 5.86. The van der Waals surface area contributed by atoms with E-state index in [0.29, 0.717) is 32.4 Å². The van der Waals surface area contributed by atoms with Gasteiger partial charge in [-0.3, -0.25) is 14.7 Å². The van der Waals surface area contributed by atoms with E-state index in [1.165, 1.54) is 5.56 Å². The van der Waals surface area contributed by atoms with E-state index < -0.39 is 5.97 Å². The summed E-state index contributed by atoms with van der Waals surface area (Å²) in [5.41, 5.74) is 3.31. The van der Waals surface area contributed by atoms with Crippen molar-refractivity contribution in [2.24, 2.45) is 11.3 Å². The molecule has 140 valence electrons. The number of fused-ring (bicyclic) bond motifs is 3. The first-order valence-corrected chi connectivity index (χ1v) is 9.19. The van der Waals surface area contributed by atoms with Gasteiger partial charge >= 0.3 is 5.97 Å². The summed E-state index contributed by atoms with van der Waals surface area (Å²) in [4.78, 5) is 26.0. The molecule has 2 heterocycles. The maximum absolute atomic E-state index is 13.2. The molecule has 0 bridgehead atoms. The highest BCUT2D eigenvalue weighted by atomic mass is 16.4. The molecule has 0 radical (unpaired) electrons. The van der Waals surface area contributed by atoms with Crippen LogP contribution in [0.25, 0.3) is 10.9 Å². The molecule has 2 N–H and O–H groups in total. The van der Waals surface area contributed by atoms with Gasteiger partial charge in [-0.1, -0.05) is 26.8 Å². The number of H-pyrrole nitrogens is 1. The van der Waals surface area contributed by atoms with Crippen molar-refractivity contribution in [3.63, 3.8) is 0 Å². The van der Waals surface area contributed by atoms with Crippen LogP contribution in [0.2, 0.25) is 0 Å². The van der Waals surface area contributed by atoms with Gasteiger partial charge in [0.05, 0.1) is 11.7 Å². The molecular weight excluding hydrogens is 330 g/mol. The van der Waals surface area contributed by atoms with Crippen molar-refractivity contribution >= 4 is 22.8 Å². The average Bonchev–Trinajstić information content (AvgIpc) is 2.97. The lowest BCUT2D eigenvalue weighted by molar-refractivity contribution is -0.139. The van der Waals surface area contributed by atoms with E-state index in [2.05, 4.69) is 37.0 Å². The smallest absolute Gasteiger partial charge is 0.303 e. The second kappa shape index (κ2) is 7.09. The van der Waals surface area contributed by atoms with Crippen LogP contribution in [-0.4, -0.2) is 38.6 Å². The highest BCUT2D eigenvalue weighted by Gasteiger charge is 2.32. The van der Waals surface area contributed by atoms with Crippen LogP contribution in [0.5, 0.6) is 0 Å². The van der Waals surface area contributed by atoms with E-state index >= 15 is 0 Å². The number of aromatic amines is 1. The lowest BCUT2D eigenvalue weighted by Crippen LogP contribution is -2.40. The minimum absolute atomic E-state index is 0.00390. The number of carbonyl (C=O) groups excluding carboxylic acids is 1. The van der Waals surface area contributed by atoms with Crippen molar-refractivity contribution in [2.45, 2.75) is 53.0 Å². The molecule has 26 heavy (non-hydrogen) atoms. The molecule has 0 saturated carbocycles. The molecule has 1 aromatic heterocycles. The molecule has 1 aliphatic rings. The van der Waals surface area contributed by atoms with E-state index in [1.54, 1.807) is 0 Å². The van der Waals surface area contributed by atoms with Gasteiger partial charge in [-0.2, -0.15) is 5.10 Å². The molecular formula is C20H27N3O3. The van der Waals surface area contributed by atoms with Crippen molar-refractivity contribution in [2.75, 3.05) is 6.54 Å². The number of rotatable bonds is 5. The number of aromatic nitrogens is 2. The quantitative estimate of drug-likeness (QED) is 0.859. The largest absolute Gasteiger partial charge is 0.481 e. The van der Waals surface area contributed by atoms with Crippen molar-refractivity contribution in [1.82, 2.24) is 15.1 Å². The van der Waals surface area contributed by atoms with Crippen LogP contribution in [0.15, 0.2) is 18.3 Å². The Morgan fingerprint density at radius 1 is 1.38 bits per heavy atom. The molecule has 3 rings (SSSR count). The Balaban J connectivity index is 1.94. The monoisotopic (exact) mass is 357 g/mol. The Morgan fingerprint density at radius 3 is 2.85 bits per heavy atom. The number of nitrogens with zero attached hydrogens (tertiary/aromatic N) is 2. The molecule has 6 nitrogen and oxygen atoms in total. The van der Waals surface area contributed by atoms with Crippen LogP contribution in [0.1, 0.15) is 51.2 Å².